The Kier molecular flexibility index (Phi) is 6.25. The lowest BCUT2D eigenvalue weighted by atomic mass is 10.1. The molecule has 0 amide bonds. The quantitative estimate of drug-likeness (QED) is 0.364. The third-order valence-electron chi connectivity index (χ3n) is 2.33. The second-order valence-electron chi connectivity index (χ2n) is 3.78. The van der Waals surface area contributed by atoms with Crippen molar-refractivity contribution in [3.63, 3.8) is 0 Å². The molecule has 1 rings (SSSR count). The highest BCUT2D eigenvalue weighted by atomic mass is 32.1. The molecular weight excluding hydrogens is 230 g/mol. The van der Waals surface area contributed by atoms with Crippen LogP contribution < -0.4 is 10.7 Å². The van der Waals surface area contributed by atoms with Gasteiger partial charge in [-0.25, -0.2) is 0 Å². The monoisotopic (exact) mass is 249 g/mol. The minimum absolute atomic E-state index is 0.578. The van der Waals surface area contributed by atoms with E-state index < -0.39 is 0 Å². The first-order chi connectivity index (χ1) is 8.24. The van der Waals surface area contributed by atoms with E-state index in [1.165, 1.54) is 0 Å². The van der Waals surface area contributed by atoms with Gasteiger partial charge in [-0.2, -0.15) is 5.10 Å². The Balaban J connectivity index is 2.40. The van der Waals surface area contributed by atoms with Crippen molar-refractivity contribution in [2.24, 2.45) is 5.10 Å². The van der Waals surface area contributed by atoms with Crippen molar-refractivity contribution in [2.75, 3.05) is 6.54 Å². The van der Waals surface area contributed by atoms with Crippen LogP contribution in [0.1, 0.15) is 32.3 Å². The topological polar surface area (TPSA) is 36.4 Å². The van der Waals surface area contributed by atoms with Gasteiger partial charge in [-0.15, -0.1) is 0 Å². The molecule has 0 aromatic heterocycles. The molecule has 0 radical (unpaired) electrons. The summed E-state index contributed by atoms with van der Waals surface area (Å²) in [4.78, 5) is 0. The smallest absolute Gasteiger partial charge is 0.186 e. The molecule has 2 N–H and O–H groups in total. The van der Waals surface area contributed by atoms with E-state index in [9.17, 15) is 0 Å². The lowest BCUT2D eigenvalue weighted by Gasteiger charge is -2.07. The number of hydrogen-bond donors (Lipinski definition) is 2. The number of nitrogens with one attached hydrogen (secondary N) is 2. The molecule has 3 nitrogen and oxygen atoms in total. The van der Waals surface area contributed by atoms with Gasteiger partial charge in [0, 0.05) is 6.54 Å². The number of benzene rings is 1. The first-order valence-corrected chi connectivity index (χ1v) is 6.28. The van der Waals surface area contributed by atoms with E-state index in [-0.39, 0.29) is 0 Å². The fraction of sp³-hybridized carbons (Fsp3) is 0.385. The van der Waals surface area contributed by atoms with Crippen molar-refractivity contribution in [3.05, 3.63) is 35.9 Å². The molecule has 0 atom stereocenters. The molecule has 17 heavy (non-hydrogen) atoms. The van der Waals surface area contributed by atoms with Gasteiger partial charge in [-0.1, -0.05) is 43.7 Å². The fourth-order valence-electron chi connectivity index (χ4n) is 1.30. The molecule has 0 unspecified atom stereocenters. The van der Waals surface area contributed by atoms with Gasteiger partial charge >= 0.3 is 0 Å². The van der Waals surface area contributed by atoms with Crippen LogP contribution in [0.25, 0.3) is 0 Å². The van der Waals surface area contributed by atoms with Crippen LogP contribution in [-0.2, 0) is 0 Å². The van der Waals surface area contributed by atoms with E-state index >= 15 is 0 Å². The van der Waals surface area contributed by atoms with Crippen molar-refractivity contribution in [2.45, 2.75) is 26.7 Å². The van der Waals surface area contributed by atoms with Gasteiger partial charge in [0.1, 0.15) is 0 Å². The number of hydrogen-bond acceptors (Lipinski definition) is 2. The number of nitrogens with zero attached hydrogens (tertiary/aromatic N) is 1. The number of rotatable bonds is 5. The van der Waals surface area contributed by atoms with Gasteiger partial charge < -0.3 is 5.32 Å². The van der Waals surface area contributed by atoms with E-state index in [4.69, 9.17) is 12.2 Å². The minimum atomic E-state index is 0.578. The van der Waals surface area contributed by atoms with Gasteiger partial charge in [0.05, 0.1) is 5.71 Å². The molecule has 0 aliphatic heterocycles. The highest BCUT2D eigenvalue weighted by molar-refractivity contribution is 7.80. The van der Waals surface area contributed by atoms with Gasteiger partial charge in [-0.05, 0) is 31.1 Å². The maximum atomic E-state index is 5.11. The number of thiocarbonyl (C=S) groups is 1. The molecule has 0 spiro atoms. The molecule has 0 saturated carbocycles. The largest absolute Gasteiger partial charge is 0.361 e. The van der Waals surface area contributed by atoms with Crippen LogP contribution in [0.4, 0.5) is 0 Å². The van der Waals surface area contributed by atoms with Crippen molar-refractivity contribution < 1.29 is 0 Å². The summed E-state index contributed by atoms with van der Waals surface area (Å²) in [5.41, 5.74) is 4.86. The summed E-state index contributed by atoms with van der Waals surface area (Å²) in [6, 6.07) is 10.0. The average molecular weight is 249 g/mol. The van der Waals surface area contributed by atoms with Gasteiger partial charge in [-0.3, -0.25) is 5.43 Å². The summed E-state index contributed by atoms with van der Waals surface area (Å²) < 4.78 is 0. The van der Waals surface area contributed by atoms with E-state index in [1.54, 1.807) is 0 Å². The molecule has 1 aromatic rings. The number of unbranched alkanes of at least 4 members (excludes halogenated alkanes) is 1. The SMILES string of the molecule is CCCCNC(=S)NN=C(C)c1ccccc1. The van der Waals surface area contributed by atoms with Crippen LogP contribution in [0, 0.1) is 0 Å². The molecule has 0 heterocycles. The van der Waals surface area contributed by atoms with Crippen LogP contribution in [0.3, 0.4) is 0 Å². The summed E-state index contributed by atoms with van der Waals surface area (Å²) in [6.45, 7) is 5.00. The van der Waals surface area contributed by atoms with E-state index in [1.807, 2.05) is 37.3 Å². The summed E-state index contributed by atoms with van der Waals surface area (Å²) in [5, 5.41) is 7.92. The zero-order valence-electron chi connectivity index (χ0n) is 10.4. The van der Waals surface area contributed by atoms with Gasteiger partial charge in [0.25, 0.3) is 0 Å². The van der Waals surface area contributed by atoms with Crippen molar-refractivity contribution in [3.8, 4) is 0 Å². The maximum absolute atomic E-state index is 5.11. The van der Waals surface area contributed by atoms with Crippen LogP contribution in [0.5, 0.6) is 0 Å². The second-order valence-corrected chi connectivity index (χ2v) is 4.19. The van der Waals surface area contributed by atoms with E-state index in [0.29, 0.717) is 5.11 Å². The van der Waals surface area contributed by atoms with Gasteiger partial charge in [0.2, 0.25) is 0 Å². The molecule has 0 saturated heterocycles. The van der Waals surface area contributed by atoms with Crippen LogP contribution in [-0.4, -0.2) is 17.4 Å². The van der Waals surface area contributed by atoms with Crippen molar-refractivity contribution in [1.29, 1.82) is 0 Å². The molecule has 0 bridgehead atoms. The Hall–Kier alpha value is -1.42. The Labute approximate surface area is 108 Å². The molecule has 0 aliphatic rings. The third-order valence-corrected chi connectivity index (χ3v) is 2.57. The predicted molar refractivity (Wildman–Crippen MR) is 77.3 cm³/mol. The lowest BCUT2D eigenvalue weighted by Crippen LogP contribution is -2.33. The summed E-state index contributed by atoms with van der Waals surface area (Å²) >= 11 is 5.11. The third kappa shape index (κ3) is 5.45. The fourth-order valence-corrected chi connectivity index (χ4v) is 1.44. The maximum Gasteiger partial charge on any atom is 0.186 e. The Bertz CT molecular complexity index is 374. The summed E-state index contributed by atoms with van der Waals surface area (Å²) in [5.74, 6) is 0. The van der Waals surface area contributed by atoms with Crippen LogP contribution >= 0.6 is 12.2 Å². The zero-order chi connectivity index (χ0) is 12.5. The minimum Gasteiger partial charge on any atom is -0.361 e. The van der Waals surface area contributed by atoms with Crippen molar-refractivity contribution >= 4 is 23.0 Å². The Morgan fingerprint density at radius 3 is 2.65 bits per heavy atom. The highest BCUT2D eigenvalue weighted by Gasteiger charge is 1.96. The van der Waals surface area contributed by atoms with Crippen molar-refractivity contribution in [1.82, 2.24) is 10.7 Å². The molecular formula is C13H19N3S. The first kappa shape index (κ1) is 13.6. The predicted octanol–water partition coefficient (Wildman–Crippen LogP) is 2.67. The Morgan fingerprint density at radius 1 is 1.29 bits per heavy atom. The van der Waals surface area contributed by atoms with Crippen LogP contribution in [0.2, 0.25) is 0 Å². The van der Waals surface area contributed by atoms with Crippen LogP contribution in [0.15, 0.2) is 35.4 Å². The normalized spacial score (nSPS) is 11.1. The molecule has 1 aromatic carbocycles. The second kappa shape index (κ2) is 7.79. The zero-order valence-corrected chi connectivity index (χ0v) is 11.2. The first-order valence-electron chi connectivity index (χ1n) is 5.87. The lowest BCUT2D eigenvalue weighted by molar-refractivity contribution is 0.745. The average Bonchev–Trinajstić information content (AvgIpc) is 2.37. The molecule has 4 heteroatoms. The highest BCUT2D eigenvalue weighted by Crippen LogP contribution is 1.99. The van der Waals surface area contributed by atoms with Gasteiger partial charge in [0.15, 0.2) is 5.11 Å². The Morgan fingerprint density at radius 2 is 2.00 bits per heavy atom. The number of hydrazone groups is 1. The summed E-state index contributed by atoms with van der Waals surface area (Å²) in [6.07, 6.45) is 2.27. The van der Waals surface area contributed by atoms with E-state index in [2.05, 4.69) is 22.8 Å². The molecule has 92 valence electrons. The van der Waals surface area contributed by atoms with E-state index in [0.717, 1.165) is 30.7 Å². The molecule has 0 fully saturated rings. The standard InChI is InChI=1S/C13H19N3S/c1-3-4-10-14-13(17)16-15-11(2)12-8-6-5-7-9-12/h5-9H,3-4,10H2,1-2H3,(H2,14,16,17). The summed E-state index contributed by atoms with van der Waals surface area (Å²) in [7, 11) is 0. The molecule has 0 aliphatic carbocycles.